The molecule has 1 saturated heterocycles. The van der Waals surface area contributed by atoms with Crippen molar-refractivity contribution in [3.8, 4) is 0 Å². The number of nitrogens with zero attached hydrogens (tertiary/aromatic N) is 2. The van der Waals surface area contributed by atoms with E-state index in [1.165, 1.54) is 0 Å². The number of carbonyl (C=O) groups excluding carboxylic acids is 2. The Morgan fingerprint density at radius 3 is 2.58 bits per heavy atom. The largest absolute Gasteiger partial charge is 0.376 e. The molecule has 0 bridgehead atoms. The molecule has 0 spiro atoms. The summed E-state index contributed by atoms with van der Waals surface area (Å²) in [6.45, 7) is 3.23. The summed E-state index contributed by atoms with van der Waals surface area (Å²) in [5, 5.41) is 2.82. The summed E-state index contributed by atoms with van der Waals surface area (Å²) in [5.41, 5.74) is 0.587. The normalized spacial score (nSPS) is 16.7. The zero-order valence-electron chi connectivity index (χ0n) is 15.5. The number of benzene rings is 1. The lowest BCUT2D eigenvalue weighted by Gasteiger charge is -2.27. The molecule has 0 radical (unpaired) electrons. The summed E-state index contributed by atoms with van der Waals surface area (Å²) >= 11 is 3.35. The molecule has 1 N–H and O–H groups in total. The van der Waals surface area contributed by atoms with E-state index in [0.717, 1.165) is 30.5 Å². The highest BCUT2D eigenvalue weighted by atomic mass is 79.9. The molecule has 1 aromatic rings. The van der Waals surface area contributed by atoms with Crippen molar-refractivity contribution in [2.75, 3.05) is 46.9 Å². The molecule has 7 heteroatoms. The number of likely N-dealkylation sites (N-methyl/N-ethyl adjacent to an activating group) is 1. The fraction of sp³-hybridized carbons (Fsp3) is 0.579. The van der Waals surface area contributed by atoms with Crippen molar-refractivity contribution in [2.45, 2.75) is 25.4 Å². The van der Waals surface area contributed by atoms with Gasteiger partial charge in [0.25, 0.3) is 5.91 Å². The van der Waals surface area contributed by atoms with Crippen LogP contribution >= 0.6 is 15.9 Å². The smallest absolute Gasteiger partial charge is 0.251 e. The second-order valence-electron chi connectivity index (χ2n) is 6.79. The fourth-order valence-electron chi connectivity index (χ4n) is 2.82. The number of carbonyl (C=O) groups is 2. The van der Waals surface area contributed by atoms with Crippen LogP contribution in [0.25, 0.3) is 0 Å². The minimum atomic E-state index is -0.163. The van der Waals surface area contributed by atoms with Gasteiger partial charge >= 0.3 is 0 Å². The Balaban J connectivity index is 1.80. The molecule has 1 fully saturated rings. The van der Waals surface area contributed by atoms with E-state index in [-0.39, 0.29) is 17.9 Å². The minimum Gasteiger partial charge on any atom is -0.376 e. The number of ether oxygens (including phenoxy) is 1. The second kappa shape index (κ2) is 10.6. The van der Waals surface area contributed by atoms with Crippen LogP contribution in [0.3, 0.4) is 0 Å². The van der Waals surface area contributed by atoms with E-state index in [0.29, 0.717) is 31.6 Å². The monoisotopic (exact) mass is 425 g/mol. The van der Waals surface area contributed by atoms with E-state index >= 15 is 0 Å². The molecule has 144 valence electrons. The summed E-state index contributed by atoms with van der Waals surface area (Å²) in [4.78, 5) is 28.6. The molecule has 0 aliphatic carbocycles. The van der Waals surface area contributed by atoms with Crippen LogP contribution in [0.1, 0.15) is 29.6 Å². The molecule has 1 aliphatic rings. The Morgan fingerprint density at radius 1 is 1.23 bits per heavy atom. The Morgan fingerprint density at radius 2 is 1.96 bits per heavy atom. The first-order valence-corrected chi connectivity index (χ1v) is 9.83. The van der Waals surface area contributed by atoms with E-state index in [1.54, 1.807) is 12.1 Å². The highest BCUT2D eigenvalue weighted by Gasteiger charge is 2.22. The molecule has 1 aromatic carbocycles. The van der Waals surface area contributed by atoms with Gasteiger partial charge in [0.05, 0.1) is 6.10 Å². The SMILES string of the molecule is CN(C)CCN(C[C@H]1CCCO1)C(=O)CCNC(=O)c1ccc(Br)cc1. The Labute approximate surface area is 164 Å². The molecular formula is C19H28BrN3O3. The van der Waals surface area contributed by atoms with Crippen LogP contribution in [0.4, 0.5) is 0 Å². The molecule has 26 heavy (non-hydrogen) atoms. The first-order chi connectivity index (χ1) is 12.5. The quantitative estimate of drug-likeness (QED) is 0.658. The van der Waals surface area contributed by atoms with E-state index < -0.39 is 0 Å². The second-order valence-corrected chi connectivity index (χ2v) is 7.71. The van der Waals surface area contributed by atoms with Crippen molar-refractivity contribution in [3.05, 3.63) is 34.3 Å². The maximum atomic E-state index is 12.6. The third kappa shape index (κ3) is 7.05. The average molecular weight is 426 g/mol. The maximum absolute atomic E-state index is 12.6. The zero-order valence-corrected chi connectivity index (χ0v) is 17.1. The van der Waals surface area contributed by atoms with Gasteiger partial charge in [0, 0.05) is 49.2 Å². The Hall–Kier alpha value is -1.44. The van der Waals surface area contributed by atoms with Crippen molar-refractivity contribution < 1.29 is 14.3 Å². The van der Waals surface area contributed by atoms with Gasteiger partial charge < -0.3 is 19.9 Å². The fourth-order valence-corrected chi connectivity index (χ4v) is 3.08. The first-order valence-electron chi connectivity index (χ1n) is 9.03. The summed E-state index contributed by atoms with van der Waals surface area (Å²) < 4.78 is 6.60. The van der Waals surface area contributed by atoms with Crippen LogP contribution in [0.5, 0.6) is 0 Å². The molecule has 1 aliphatic heterocycles. The van der Waals surface area contributed by atoms with Crippen LogP contribution in [-0.2, 0) is 9.53 Å². The number of nitrogens with one attached hydrogen (secondary N) is 1. The lowest BCUT2D eigenvalue weighted by atomic mass is 10.2. The van der Waals surface area contributed by atoms with E-state index in [9.17, 15) is 9.59 Å². The van der Waals surface area contributed by atoms with Crippen molar-refractivity contribution >= 4 is 27.7 Å². The van der Waals surface area contributed by atoms with Crippen molar-refractivity contribution in [1.29, 1.82) is 0 Å². The predicted octanol–water partition coefficient (Wildman–Crippen LogP) is 2.14. The summed E-state index contributed by atoms with van der Waals surface area (Å²) in [5.74, 6) is -0.109. The van der Waals surface area contributed by atoms with Crippen LogP contribution in [-0.4, -0.2) is 74.6 Å². The number of halogens is 1. The highest BCUT2D eigenvalue weighted by molar-refractivity contribution is 9.10. The molecule has 2 rings (SSSR count). The average Bonchev–Trinajstić information content (AvgIpc) is 3.12. The molecule has 0 aromatic heterocycles. The molecule has 0 saturated carbocycles. The lowest BCUT2D eigenvalue weighted by Crippen LogP contribution is -2.42. The third-order valence-electron chi connectivity index (χ3n) is 4.35. The zero-order chi connectivity index (χ0) is 18.9. The number of hydrogen-bond acceptors (Lipinski definition) is 4. The maximum Gasteiger partial charge on any atom is 0.251 e. The highest BCUT2D eigenvalue weighted by Crippen LogP contribution is 2.14. The van der Waals surface area contributed by atoms with Crippen LogP contribution < -0.4 is 5.32 Å². The van der Waals surface area contributed by atoms with Gasteiger partial charge in [-0.1, -0.05) is 15.9 Å². The van der Waals surface area contributed by atoms with Crippen LogP contribution in [0.15, 0.2) is 28.7 Å². The summed E-state index contributed by atoms with van der Waals surface area (Å²) in [6.07, 6.45) is 2.50. The minimum absolute atomic E-state index is 0.0541. The van der Waals surface area contributed by atoms with Gasteiger partial charge in [-0.15, -0.1) is 0 Å². The van der Waals surface area contributed by atoms with Crippen molar-refractivity contribution in [1.82, 2.24) is 15.1 Å². The topological polar surface area (TPSA) is 61.9 Å². The number of amides is 2. The van der Waals surface area contributed by atoms with Crippen LogP contribution in [0.2, 0.25) is 0 Å². The first kappa shape index (κ1) is 20.9. The van der Waals surface area contributed by atoms with Gasteiger partial charge in [0.2, 0.25) is 5.91 Å². The van der Waals surface area contributed by atoms with Gasteiger partial charge in [-0.05, 0) is 51.2 Å². The van der Waals surface area contributed by atoms with Crippen molar-refractivity contribution in [3.63, 3.8) is 0 Å². The summed E-state index contributed by atoms with van der Waals surface area (Å²) in [6, 6.07) is 7.15. The standard InChI is InChI=1S/C19H28BrN3O3/c1-22(2)11-12-23(14-17-4-3-13-26-17)18(24)9-10-21-19(25)15-5-7-16(20)8-6-15/h5-8,17H,3-4,9-14H2,1-2H3,(H,21,25)/t17-/m1/s1. The Bertz CT molecular complexity index is 586. The van der Waals surface area contributed by atoms with E-state index in [1.807, 2.05) is 31.1 Å². The molecular weight excluding hydrogens is 398 g/mol. The molecule has 0 unspecified atom stereocenters. The summed E-state index contributed by atoms with van der Waals surface area (Å²) in [7, 11) is 3.99. The number of rotatable bonds is 9. The molecule has 6 nitrogen and oxygen atoms in total. The van der Waals surface area contributed by atoms with Crippen LogP contribution in [0, 0.1) is 0 Å². The van der Waals surface area contributed by atoms with Gasteiger partial charge in [-0.2, -0.15) is 0 Å². The van der Waals surface area contributed by atoms with E-state index in [4.69, 9.17) is 4.74 Å². The van der Waals surface area contributed by atoms with E-state index in [2.05, 4.69) is 26.1 Å². The van der Waals surface area contributed by atoms with Crippen molar-refractivity contribution in [2.24, 2.45) is 0 Å². The molecule has 2 amide bonds. The van der Waals surface area contributed by atoms with Gasteiger partial charge in [0.1, 0.15) is 0 Å². The van der Waals surface area contributed by atoms with Gasteiger partial charge in [-0.3, -0.25) is 9.59 Å². The third-order valence-corrected chi connectivity index (χ3v) is 4.88. The van der Waals surface area contributed by atoms with Gasteiger partial charge in [0.15, 0.2) is 0 Å². The molecule has 1 atom stereocenters. The van der Waals surface area contributed by atoms with Gasteiger partial charge in [-0.25, -0.2) is 0 Å². The Kier molecular flexibility index (Phi) is 8.54. The molecule has 1 heterocycles. The number of hydrogen-bond donors (Lipinski definition) is 1. The lowest BCUT2D eigenvalue weighted by molar-refractivity contribution is -0.132. The predicted molar refractivity (Wildman–Crippen MR) is 105 cm³/mol.